The van der Waals surface area contributed by atoms with Crippen LogP contribution >= 0.6 is 0 Å². The van der Waals surface area contributed by atoms with Crippen molar-refractivity contribution in [1.29, 1.82) is 0 Å². The maximum absolute atomic E-state index is 12.9. The second-order valence-electron chi connectivity index (χ2n) is 7.72. The van der Waals surface area contributed by atoms with Crippen molar-refractivity contribution in [3.05, 3.63) is 100 Å². The SMILES string of the molecule is Cn1cccc(C(=O)N2CCN(C(COc3ccccc3)c3ccccc3)CC2)c1=O. The number of amides is 1. The molecule has 1 amide bonds. The lowest BCUT2D eigenvalue weighted by molar-refractivity contribution is 0.0497. The highest BCUT2D eigenvalue weighted by Crippen LogP contribution is 2.24. The van der Waals surface area contributed by atoms with E-state index in [-0.39, 0.29) is 23.1 Å². The quantitative estimate of drug-likeness (QED) is 0.619. The third-order valence-corrected chi connectivity index (χ3v) is 5.73. The van der Waals surface area contributed by atoms with Crippen LogP contribution in [0.1, 0.15) is 22.0 Å². The smallest absolute Gasteiger partial charge is 0.263 e. The molecule has 0 N–H and O–H groups in total. The minimum atomic E-state index is -0.256. The van der Waals surface area contributed by atoms with Crippen LogP contribution in [0.25, 0.3) is 0 Å². The average molecular weight is 418 g/mol. The van der Waals surface area contributed by atoms with Gasteiger partial charge in [0.25, 0.3) is 11.5 Å². The fraction of sp³-hybridized carbons (Fsp3) is 0.280. The number of carbonyl (C=O) groups is 1. The fourth-order valence-corrected chi connectivity index (χ4v) is 3.95. The van der Waals surface area contributed by atoms with Gasteiger partial charge in [0.05, 0.1) is 6.04 Å². The first kappa shape index (κ1) is 20.9. The van der Waals surface area contributed by atoms with Crippen molar-refractivity contribution in [2.45, 2.75) is 6.04 Å². The molecule has 1 fully saturated rings. The molecular weight excluding hydrogens is 390 g/mol. The molecule has 0 bridgehead atoms. The molecule has 1 unspecified atom stereocenters. The Kier molecular flexibility index (Phi) is 6.48. The van der Waals surface area contributed by atoms with Crippen molar-refractivity contribution in [3.8, 4) is 5.75 Å². The van der Waals surface area contributed by atoms with Gasteiger partial charge in [0.15, 0.2) is 0 Å². The lowest BCUT2D eigenvalue weighted by atomic mass is 10.0. The highest BCUT2D eigenvalue weighted by molar-refractivity contribution is 5.93. The van der Waals surface area contributed by atoms with Crippen LogP contribution in [-0.4, -0.2) is 53.1 Å². The average Bonchev–Trinajstić information content (AvgIpc) is 2.82. The summed E-state index contributed by atoms with van der Waals surface area (Å²) in [4.78, 5) is 29.3. The molecule has 6 nitrogen and oxygen atoms in total. The minimum absolute atomic E-state index is 0.0863. The zero-order chi connectivity index (χ0) is 21.6. The first-order valence-corrected chi connectivity index (χ1v) is 10.6. The number of nitrogens with zero attached hydrogens (tertiary/aromatic N) is 3. The molecule has 1 aliphatic rings. The van der Waals surface area contributed by atoms with E-state index in [1.165, 1.54) is 10.1 Å². The zero-order valence-electron chi connectivity index (χ0n) is 17.7. The van der Waals surface area contributed by atoms with Gasteiger partial charge in [0, 0.05) is 39.4 Å². The minimum Gasteiger partial charge on any atom is -0.492 e. The van der Waals surface area contributed by atoms with Crippen molar-refractivity contribution in [3.63, 3.8) is 0 Å². The second kappa shape index (κ2) is 9.62. The van der Waals surface area contributed by atoms with Gasteiger partial charge in [0.1, 0.15) is 17.9 Å². The molecule has 2 aromatic carbocycles. The van der Waals surface area contributed by atoms with Gasteiger partial charge in [-0.1, -0.05) is 48.5 Å². The number of pyridine rings is 1. The van der Waals surface area contributed by atoms with Crippen LogP contribution in [0.4, 0.5) is 0 Å². The lowest BCUT2D eigenvalue weighted by Gasteiger charge is -2.39. The number of rotatable bonds is 6. The highest BCUT2D eigenvalue weighted by Gasteiger charge is 2.29. The summed E-state index contributed by atoms with van der Waals surface area (Å²) >= 11 is 0. The van der Waals surface area contributed by atoms with E-state index in [1.54, 1.807) is 30.3 Å². The molecule has 3 aromatic rings. The number of piperazine rings is 1. The Morgan fingerprint density at radius 1 is 0.903 bits per heavy atom. The van der Waals surface area contributed by atoms with Crippen molar-refractivity contribution in [2.75, 3.05) is 32.8 Å². The maximum atomic E-state index is 12.9. The highest BCUT2D eigenvalue weighted by atomic mass is 16.5. The Morgan fingerprint density at radius 3 is 2.23 bits per heavy atom. The van der Waals surface area contributed by atoms with Gasteiger partial charge in [-0.3, -0.25) is 14.5 Å². The normalized spacial score (nSPS) is 15.5. The van der Waals surface area contributed by atoms with Gasteiger partial charge in [-0.15, -0.1) is 0 Å². The first-order valence-electron chi connectivity index (χ1n) is 10.6. The van der Waals surface area contributed by atoms with Crippen molar-refractivity contribution in [1.82, 2.24) is 14.4 Å². The summed E-state index contributed by atoms with van der Waals surface area (Å²) in [5.41, 5.74) is 1.16. The van der Waals surface area contributed by atoms with E-state index < -0.39 is 0 Å². The molecule has 160 valence electrons. The van der Waals surface area contributed by atoms with Gasteiger partial charge in [-0.05, 0) is 29.8 Å². The van der Waals surface area contributed by atoms with E-state index in [0.717, 1.165) is 18.8 Å². The number of carbonyl (C=O) groups excluding carboxylic acids is 1. The largest absolute Gasteiger partial charge is 0.492 e. The van der Waals surface area contributed by atoms with Crippen LogP contribution < -0.4 is 10.3 Å². The zero-order valence-corrected chi connectivity index (χ0v) is 17.7. The molecule has 4 rings (SSSR count). The van der Waals surface area contributed by atoms with Gasteiger partial charge in [0.2, 0.25) is 0 Å². The van der Waals surface area contributed by atoms with Crippen molar-refractivity contribution >= 4 is 5.91 Å². The molecule has 1 aromatic heterocycles. The molecule has 0 aliphatic carbocycles. The molecule has 1 saturated heterocycles. The Hall–Kier alpha value is -3.38. The van der Waals surface area contributed by atoms with Crippen LogP contribution in [-0.2, 0) is 7.05 Å². The Bertz CT molecular complexity index is 1060. The molecule has 0 saturated carbocycles. The first-order chi connectivity index (χ1) is 15.1. The van der Waals surface area contributed by atoms with E-state index in [1.807, 2.05) is 48.5 Å². The van der Waals surface area contributed by atoms with Crippen LogP contribution in [0.5, 0.6) is 5.75 Å². The number of ether oxygens (including phenoxy) is 1. The van der Waals surface area contributed by atoms with Gasteiger partial charge in [-0.2, -0.15) is 0 Å². The van der Waals surface area contributed by atoms with E-state index in [0.29, 0.717) is 19.7 Å². The monoisotopic (exact) mass is 417 g/mol. The summed E-state index contributed by atoms with van der Waals surface area (Å²) in [7, 11) is 1.66. The van der Waals surface area contributed by atoms with Crippen LogP contribution in [0.2, 0.25) is 0 Å². The predicted molar refractivity (Wildman–Crippen MR) is 120 cm³/mol. The van der Waals surface area contributed by atoms with Crippen LogP contribution in [0.3, 0.4) is 0 Å². The molecule has 2 heterocycles. The van der Waals surface area contributed by atoms with Crippen LogP contribution in [0, 0.1) is 0 Å². The molecule has 1 atom stereocenters. The van der Waals surface area contributed by atoms with E-state index in [4.69, 9.17) is 4.74 Å². The molecular formula is C25H27N3O3. The maximum Gasteiger partial charge on any atom is 0.263 e. The third-order valence-electron chi connectivity index (χ3n) is 5.73. The second-order valence-corrected chi connectivity index (χ2v) is 7.72. The molecule has 31 heavy (non-hydrogen) atoms. The number of hydrogen-bond donors (Lipinski definition) is 0. The number of aromatic nitrogens is 1. The Morgan fingerprint density at radius 2 is 1.55 bits per heavy atom. The van der Waals surface area contributed by atoms with E-state index in [2.05, 4.69) is 17.0 Å². The predicted octanol–water partition coefficient (Wildman–Crippen LogP) is 2.96. The fourth-order valence-electron chi connectivity index (χ4n) is 3.95. The third kappa shape index (κ3) is 4.86. The van der Waals surface area contributed by atoms with E-state index in [9.17, 15) is 9.59 Å². The van der Waals surface area contributed by atoms with E-state index >= 15 is 0 Å². The summed E-state index contributed by atoms with van der Waals surface area (Å²) in [6, 6.07) is 23.6. The molecule has 6 heteroatoms. The van der Waals surface area contributed by atoms with Crippen molar-refractivity contribution in [2.24, 2.45) is 7.05 Å². The molecule has 0 spiro atoms. The summed E-state index contributed by atoms with van der Waals surface area (Å²) < 4.78 is 7.52. The lowest BCUT2D eigenvalue weighted by Crippen LogP contribution is -2.51. The number of benzene rings is 2. The van der Waals surface area contributed by atoms with Crippen LogP contribution in [0.15, 0.2) is 83.8 Å². The standard InChI is InChI=1S/C25H27N3O3/c1-26-14-8-13-22(24(26)29)25(30)28-17-15-27(16-18-28)23(20-9-4-2-5-10-20)19-31-21-11-6-3-7-12-21/h2-14,23H,15-19H2,1H3. The Balaban J connectivity index is 1.45. The number of para-hydroxylation sites is 1. The molecule has 0 radical (unpaired) electrons. The van der Waals surface area contributed by atoms with Gasteiger partial charge >= 0.3 is 0 Å². The molecule has 1 aliphatic heterocycles. The number of hydrogen-bond acceptors (Lipinski definition) is 4. The van der Waals surface area contributed by atoms with Crippen molar-refractivity contribution < 1.29 is 9.53 Å². The van der Waals surface area contributed by atoms with Gasteiger partial charge in [-0.25, -0.2) is 0 Å². The summed E-state index contributed by atoms with van der Waals surface area (Å²) in [5.74, 6) is 0.648. The summed E-state index contributed by atoms with van der Waals surface area (Å²) in [6.45, 7) is 3.12. The van der Waals surface area contributed by atoms with Gasteiger partial charge < -0.3 is 14.2 Å². The summed E-state index contributed by atoms with van der Waals surface area (Å²) in [6.07, 6.45) is 1.66. The number of aryl methyl sites for hydroxylation is 1. The summed E-state index contributed by atoms with van der Waals surface area (Å²) in [5, 5.41) is 0. The Labute approximate surface area is 182 Å². The topological polar surface area (TPSA) is 54.8 Å².